The summed E-state index contributed by atoms with van der Waals surface area (Å²) in [6, 6.07) is -0.705. The number of aromatic nitrogens is 4. The Labute approximate surface area is 141 Å². The molecule has 136 valence electrons. The second-order valence-electron chi connectivity index (χ2n) is 6.13. The summed E-state index contributed by atoms with van der Waals surface area (Å²) in [5.41, 5.74) is -0.663. The van der Waals surface area contributed by atoms with Crippen LogP contribution in [0, 0.1) is 0 Å². The number of carbonyl (C=O) groups is 1. The number of H-pyrrole nitrogens is 1. The monoisotopic (exact) mass is 360 g/mol. The molecule has 1 atom stereocenters. The Morgan fingerprint density at radius 3 is 2.71 bits per heavy atom. The zero-order chi connectivity index (χ0) is 18.2. The van der Waals surface area contributed by atoms with E-state index in [1.165, 1.54) is 6.21 Å². The summed E-state index contributed by atoms with van der Waals surface area (Å²) in [4.78, 5) is 11.9. The lowest BCUT2D eigenvalue weighted by molar-refractivity contribution is 0.0503. The standard InChI is InChI=1S/C13H24N6O4S/c1-5-6-9-24(21,22)14-8-7-10(11-16-18-19-17-11)15-12(20)23-13(2,3)4/h8,10H,5-7,9H2,1-4H3,(H,15,20)(H,16,17,18,19)/t10-/m0/s1. The Balaban J connectivity index is 2.73. The molecular weight excluding hydrogens is 336 g/mol. The van der Waals surface area contributed by atoms with Gasteiger partial charge in [-0.15, -0.1) is 10.2 Å². The highest BCUT2D eigenvalue weighted by Crippen LogP contribution is 2.13. The van der Waals surface area contributed by atoms with Crippen LogP contribution in [-0.2, 0) is 14.8 Å². The Kier molecular flexibility index (Phi) is 7.26. The highest BCUT2D eigenvalue weighted by atomic mass is 32.2. The van der Waals surface area contributed by atoms with Crippen molar-refractivity contribution in [2.45, 2.75) is 58.6 Å². The van der Waals surface area contributed by atoms with Crippen molar-refractivity contribution in [1.29, 1.82) is 0 Å². The molecule has 1 amide bonds. The molecule has 1 aromatic rings. The van der Waals surface area contributed by atoms with Crippen molar-refractivity contribution in [3.8, 4) is 0 Å². The number of sulfonamides is 1. The van der Waals surface area contributed by atoms with Gasteiger partial charge in [0.15, 0.2) is 5.82 Å². The largest absolute Gasteiger partial charge is 0.444 e. The summed E-state index contributed by atoms with van der Waals surface area (Å²) < 4.78 is 32.2. The molecular formula is C13H24N6O4S. The normalized spacial score (nSPS) is 13.8. The molecule has 0 spiro atoms. The Hall–Kier alpha value is -2.04. The minimum Gasteiger partial charge on any atom is -0.444 e. The smallest absolute Gasteiger partial charge is 0.408 e. The van der Waals surface area contributed by atoms with Crippen LogP contribution in [0.15, 0.2) is 4.40 Å². The molecule has 0 aliphatic rings. The molecule has 0 saturated heterocycles. The van der Waals surface area contributed by atoms with Crippen molar-refractivity contribution in [2.24, 2.45) is 4.40 Å². The van der Waals surface area contributed by atoms with E-state index < -0.39 is 27.8 Å². The van der Waals surface area contributed by atoms with E-state index in [1.54, 1.807) is 20.8 Å². The molecule has 24 heavy (non-hydrogen) atoms. The minimum absolute atomic E-state index is 0.00757. The van der Waals surface area contributed by atoms with Crippen LogP contribution < -0.4 is 5.32 Å². The molecule has 0 aliphatic heterocycles. The number of tetrazole rings is 1. The number of ether oxygens (including phenoxy) is 1. The van der Waals surface area contributed by atoms with Gasteiger partial charge in [0.1, 0.15) is 11.6 Å². The quantitative estimate of drug-likeness (QED) is 0.667. The predicted molar refractivity (Wildman–Crippen MR) is 88.1 cm³/mol. The first-order valence-electron chi connectivity index (χ1n) is 7.62. The van der Waals surface area contributed by atoms with Gasteiger partial charge in [-0.25, -0.2) is 13.2 Å². The van der Waals surface area contributed by atoms with Crippen LogP contribution in [-0.4, -0.2) is 52.7 Å². The molecule has 0 unspecified atom stereocenters. The minimum atomic E-state index is -3.50. The molecule has 2 N–H and O–H groups in total. The highest BCUT2D eigenvalue weighted by Gasteiger charge is 2.22. The van der Waals surface area contributed by atoms with Gasteiger partial charge in [-0.3, -0.25) is 0 Å². The molecule has 11 heteroatoms. The third-order valence-corrected chi connectivity index (χ3v) is 3.97. The van der Waals surface area contributed by atoms with Gasteiger partial charge in [-0.05, 0) is 27.2 Å². The number of hydrogen-bond acceptors (Lipinski definition) is 7. The summed E-state index contributed by atoms with van der Waals surface area (Å²) >= 11 is 0. The first-order chi connectivity index (χ1) is 11.1. The molecule has 10 nitrogen and oxygen atoms in total. The number of nitrogens with zero attached hydrogens (tertiary/aromatic N) is 4. The van der Waals surface area contributed by atoms with Gasteiger partial charge in [-0.2, -0.15) is 9.61 Å². The van der Waals surface area contributed by atoms with Crippen LogP contribution >= 0.6 is 0 Å². The number of rotatable bonds is 8. The van der Waals surface area contributed by atoms with E-state index >= 15 is 0 Å². The lowest BCUT2D eigenvalue weighted by atomic mass is 10.2. The van der Waals surface area contributed by atoms with Gasteiger partial charge >= 0.3 is 6.09 Å². The second kappa shape index (κ2) is 8.71. The number of amides is 1. The fourth-order valence-corrected chi connectivity index (χ4v) is 2.71. The van der Waals surface area contributed by atoms with Crippen molar-refractivity contribution in [3.05, 3.63) is 5.82 Å². The van der Waals surface area contributed by atoms with E-state index in [-0.39, 0.29) is 18.0 Å². The topological polar surface area (TPSA) is 139 Å². The van der Waals surface area contributed by atoms with E-state index in [9.17, 15) is 13.2 Å². The average Bonchev–Trinajstić information content (AvgIpc) is 2.96. The van der Waals surface area contributed by atoms with Gasteiger partial charge in [-0.1, -0.05) is 18.6 Å². The second-order valence-corrected chi connectivity index (χ2v) is 7.91. The number of alkyl carbamates (subject to hydrolysis) is 1. The number of nitrogens with one attached hydrogen (secondary N) is 2. The number of aromatic amines is 1. The highest BCUT2D eigenvalue weighted by molar-refractivity contribution is 7.90. The first kappa shape index (κ1) is 20.0. The molecule has 0 bridgehead atoms. The fraction of sp³-hybridized carbons (Fsp3) is 0.769. The zero-order valence-corrected chi connectivity index (χ0v) is 15.1. The maximum Gasteiger partial charge on any atom is 0.408 e. The van der Waals surface area contributed by atoms with Gasteiger partial charge in [0.05, 0.1) is 5.75 Å². The lowest BCUT2D eigenvalue weighted by Gasteiger charge is -2.21. The third-order valence-electron chi connectivity index (χ3n) is 2.70. The summed E-state index contributed by atoms with van der Waals surface area (Å²) in [6.45, 7) is 7.10. The molecule has 0 radical (unpaired) electrons. The van der Waals surface area contributed by atoms with Crippen LogP contribution in [0.3, 0.4) is 0 Å². The van der Waals surface area contributed by atoms with E-state index in [0.29, 0.717) is 6.42 Å². The van der Waals surface area contributed by atoms with Crippen LogP contribution in [0.4, 0.5) is 4.79 Å². The fourth-order valence-electron chi connectivity index (χ4n) is 1.64. The van der Waals surface area contributed by atoms with Crippen molar-refractivity contribution < 1.29 is 17.9 Å². The third kappa shape index (κ3) is 7.99. The molecule has 0 fully saturated rings. The maximum absolute atomic E-state index is 11.9. The van der Waals surface area contributed by atoms with Gasteiger partial charge < -0.3 is 10.1 Å². The van der Waals surface area contributed by atoms with E-state index in [2.05, 4.69) is 30.3 Å². The van der Waals surface area contributed by atoms with Gasteiger partial charge in [0.25, 0.3) is 10.0 Å². The van der Waals surface area contributed by atoms with Crippen LogP contribution in [0.25, 0.3) is 0 Å². The number of hydrogen-bond donors (Lipinski definition) is 2. The summed E-state index contributed by atoms with van der Waals surface area (Å²) in [6.07, 6.45) is 1.96. The van der Waals surface area contributed by atoms with Crippen molar-refractivity contribution >= 4 is 22.3 Å². The van der Waals surface area contributed by atoms with Crippen molar-refractivity contribution in [2.75, 3.05) is 5.75 Å². The zero-order valence-electron chi connectivity index (χ0n) is 14.3. The summed E-state index contributed by atoms with van der Waals surface area (Å²) in [7, 11) is -3.50. The molecule has 1 rings (SSSR count). The lowest BCUT2D eigenvalue weighted by Crippen LogP contribution is -2.35. The van der Waals surface area contributed by atoms with E-state index in [4.69, 9.17) is 4.74 Å². The van der Waals surface area contributed by atoms with Gasteiger partial charge in [0, 0.05) is 12.6 Å². The number of carbonyl (C=O) groups excluding carboxylic acids is 1. The van der Waals surface area contributed by atoms with Crippen molar-refractivity contribution in [1.82, 2.24) is 25.9 Å². The Bertz CT molecular complexity index is 636. The molecule has 0 aliphatic carbocycles. The van der Waals surface area contributed by atoms with Crippen LogP contribution in [0.2, 0.25) is 0 Å². The average molecular weight is 360 g/mol. The molecule has 1 aromatic heterocycles. The first-order valence-corrected chi connectivity index (χ1v) is 9.23. The summed E-state index contributed by atoms with van der Waals surface area (Å²) in [5, 5.41) is 15.9. The Morgan fingerprint density at radius 2 is 2.17 bits per heavy atom. The van der Waals surface area contributed by atoms with Crippen LogP contribution in [0.1, 0.15) is 58.8 Å². The predicted octanol–water partition coefficient (Wildman–Crippen LogP) is 1.36. The molecule has 0 aromatic carbocycles. The molecule has 1 heterocycles. The Morgan fingerprint density at radius 1 is 1.46 bits per heavy atom. The van der Waals surface area contributed by atoms with E-state index in [0.717, 1.165) is 6.42 Å². The SMILES string of the molecule is CCCCS(=O)(=O)N=CC[C@H](NC(=O)OC(C)(C)C)c1nn[nH]n1. The maximum atomic E-state index is 11.9. The summed E-state index contributed by atoms with van der Waals surface area (Å²) in [5.74, 6) is 0.199. The van der Waals surface area contributed by atoms with E-state index in [1.807, 2.05) is 6.92 Å². The van der Waals surface area contributed by atoms with Crippen LogP contribution in [0.5, 0.6) is 0 Å². The van der Waals surface area contributed by atoms with Gasteiger partial charge in [0.2, 0.25) is 0 Å². The number of unbranched alkanes of at least 4 members (excludes halogenated alkanes) is 1. The van der Waals surface area contributed by atoms with Crippen molar-refractivity contribution in [3.63, 3.8) is 0 Å². The molecule has 0 saturated carbocycles.